The highest BCUT2D eigenvalue weighted by Crippen LogP contribution is 2.29. The van der Waals surface area contributed by atoms with Crippen LogP contribution in [0.4, 0.5) is 0 Å². The Morgan fingerprint density at radius 3 is 2.62 bits per heavy atom. The standard InChI is InChI=1S/C11H19NS/c1-5-9-6-7-13-11(9)10(12-4)8(2)3/h6-8,10,12H,5H2,1-4H3. The van der Waals surface area contributed by atoms with Gasteiger partial charge in [0.2, 0.25) is 0 Å². The van der Waals surface area contributed by atoms with Crippen LogP contribution in [0.25, 0.3) is 0 Å². The highest BCUT2D eigenvalue weighted by atomic mass is 32.1. The lowest BCUT2D eigenvalue weighted by molar-refractivity contribution is 0.447. The molecule has 1 aromatic heterocycles. The van der Waals surface area contributed by atoms with Gasteiger partial charge in [-0.05, 0) is 36.4 Å². The first-order chi connectivity index (χ1) is 6.20. The van der Waals surface area contributed by atoms with Gasteiger partial charge in [0.1, 0.15) is 0 Å². The van der Waals surface area contributed by atoms with Gasteiger partial charge in [0.05, 0.1) is 0 Å². The second kappa shape index (κ2) is 4.77. The van der Waals surface area contributed by atoms with Gasteiger partial charge in [-0.15, -0.1) is 11.3 Å². The summed E-state index contributed by atoms with van der Waals surface area (Å²) in [5.41, 5.74) is 1.50. The topological polar surface area (TPSA) is 12.0 Å². The summed E-state index contributed by atoms with van der Waals surface area (Å²) in [7, 11) is 2.05. The number of nitrogens with one attached hydrogen (secondary N) is 1. The van der Waals surface area contributed by atoms with Gasteiger partial charge >= 0.3 is 0 Å². The summed E-state index contributed by atoms with van der Waals surface area (Å²) in [5, 5.41) is 5.58. The van der Waals surface area contributed by atoms with E-state index in [0.29, 0.717) is 12.0 Å². The van der Waals surface area contributed by atoms with Crippen LogP contribution in [-0.4, -0.2) is 7.05 Å². The number of aryl methyl sites for hydroxylation is 1. The summed E-state index contributed by atoms with van der Waals surface area (Å²) in [6.45, 7) is 6.75. The lowest BCUT2D eigenvalue weighted by Gasteiger charge is -2.20. The lowest BCUT2D eigenvalue weighted by atomic mass is 9.99. The van der Waals surface area contributed by atoms with E-state index in [1.165, 1.54) is 10.4 Å². The fraction of sp³-hybridized carbons (Fsp3) is 0.636. The Kier molecular flexibility index (Phi) is 3.94. The van der Waals surface area contributed by atoms with Crippen molar-refractivity contribution in [1.29, 1.82) is 0 Å². The fourth-order valence-corrected chi connectivity index (χ4v) is 2.96. The van der Waals surface area contributed by atoms with Crippen LogP contribution in [0.1, 0.15) is 37.3 Å². The zero-order valence-electron chi connectivity index (χ0n) is 8.92. The first-order valence-electron chi connectivity index (χ1n) is 4.94. The fourth-order valence-electron chi connectivity index (χ4n) is 1.68. The summed E-state index contributed by atoms with van der Waals surface area (Å²) in [6, 6.07) is 2.77. The van der Waals surface area contributed by atoms with Gasteiger partial charge in [-0.25, -0.2) is 0 Å². The van der Waals surface area contributed by atoms with E-state index in [-0.39, 0.29) is 0 Å². The van der Waals surface area contributed by atoms with Crippen LogP contribution in [0.5, 0.6) is 0 Å². The molecule has 0 aromatic carbocycles. The molecule has 1 rings (SSSR count). The van der Waals surface area contributed by atoms with Gasteiger partial charge < -0.3 is 5.32 Å². The van der Waals surface area contributed by atoms with Crippen molar-refractivity contribution < 1.29 is 0 Å². The van der Waals surface area contributed by atoms with Crippen molar-refractivity contribution in [3.8, 4) is 0 Å². The van der Waals surface area contributed by atoms with Crippen molar-refractivity contribution in [3.63, 3.8) is 0 Å². The third kappa shape index (κ3) is 2.32. The van der Waals surface area contributed by atoms with Crippen molar-refractivity contribution >= 4 is 11.3 Å². The SMILES string of the molecule is CCc1ccsc1C(NC)C(C)C. The zero-order valence-corrected chi connectivity index (χ0v) is 9.74. The van der Waals surface area contributed by atoms with Crippen LogP contribution in [-0.2, 0) is 6.42 Å². The number of rotatable bonds is 4. The molecule has 1 heterocycles. The predicted octanol–water partition coefficient (Wildman–Crippen LogP) is 3.23. The predicted molar refractivity (Wildman–Crippen MR) is 60.3 cm³/mol. The van der Waals surface area contributed by atoms with E-state index in [4.69, 9.17) is 0 Å². The van der Waals surface area contributed by atoms with Crippen molar-refractivity contribution in [2.75, 3.05) is 7.05 Å². The Labute approximate surface area is 85.2 Å². The molecule has 2 heteroatoms. The molecule has 1 N–H and O–H groups in total. The van der Waals surface area contributed by atoms with Gasteiger partial charge in [-0.2, -0.15) is 0 Å². The monoisotopic (exact) mass is 197 g/mol. The molecule has 0 bridgehead atoms. The summed E-state index contributed by atoms with van der Waals surface area (Å²) in [5.74, 6) is 0.661. The maximum atomic E-state index is 3.39. The molecule has 1 nitrogen and oxygen atoms in total. The van der Waals surface area contributed by atoms with E-state index < -0.39 is 0 Å². The highest BCUT2D eigenvalue weighted by Gasteiger charge is 2.17. The highest BCUT2D eigenvalue weighted by molar-refractivity contribution is 7.10. The number of hydrogen-bond donors (Lipinski definition) is 1. The van der Waals surface area contributed by atoms with Crippen LogP contribution in [0.15, 0.2) is 11.4 Å². The molecule has 0 aliphatic heterocycles. The van der Waals surface area contributed by atoms with Crippen LogP contribution in [0.3, 0.4) is 0 Å². The molecule has 1 atom stereocenters. The minimum absolute atomic E-state index is 0.523. The first kappa shape index (κ1) is 10.7. The molecule has 0 aliphatic rings. The number of hydrogen-bond acceptors (Lipinski definition) is 2. The Morgan fingerprint density at radius 1 is 1.46 bits per heavy atom. The van der Waals surface area contributed by atoms with Crippen molar-refractivity contribution in [1.82, 2.24) is 5.32 Å². The molecule has 0 amide bonds. The molecule has 13 heavy (non-hydrogen) atoms. The quantitative estimate of drug-likeness (QED) is 0.781. The first-order valence-corrected chi connectivity index (χ1v) is 5.82. The van der Waals surface area contributed by atoms with Gasteiger partial charge in [-0.1, -0.05) is 20.8 Å². The molecule has 1 unspecified atom stereocenters. The van der Waals surface area contributed by atoms with E-state index >= 15 is 0 Å². The minimum Gasteiger partial charge on any atom is -0.312 e. The average molecular weight is 197 g/mol. The summed E-state index contributed by atoms with van der Waals surface area (Å²) < 4.78 is 0. The van der Waals surface area contributed by atoms with Crippen molar-refractivity contribution in [3.05, 3.63) is 21.9 Å². The molecule has 0 saturated carbocycles. The lowest BCUT2D eigenvalue weighted by Crippen LogP contribution is -2.21. The second-order valence-electron chi connectivity index (χ2n) is 3.67. The van der Waals surface area contributed by atoms with Crippen LogP contribution in [0, 0.1) is 5.92 Å². The van der Waals surface area contributed by atoms with Crippen LogP contribution in [0.2, 0.25) is 0 Å². The van der Waals surface area contributed by atoms with Crippen LogP contribution < -0.4 is 5.32 Å². The maximum absolute atomic E-state index is 3.39. The van der Waals surface area contributed by atoms with Crippen LogP contribution >= 0.6 is 11.3 Å². The molecule has 74 valence electrons. The molecular weight excluding hydrogens is 178 g/mol. The Hall–Kier alpha value is -0.340. The summed E-state index contributed by atoms with van der Waals surface area (Å²) in [6.07, 6.45) is 1.14. The molecule has 1 aromatic rings. The van der Waals surface area contributed by atoms with E-state index in [1.807, 2.05) is 18.4 Å². The third-order valence-electron chi connectivity index (χ3n) is 2.42. The van der Waals surface area contributed by atoms with Crippen molar-refractivity contribution in [2.24, 2.45) is 5.92 Å². The van der Waals surface area contributed by atoms with E-state index in [2.05, 4.69) is 37.5 Å². The average Bonchev–Trinajstić information content (AvgIpc) is 2.53. The molecule has 0 spiro atoms. The molecule has 0 radical (unpaired) electrons. The van der Waals surface area contributed by atoms with Crippen molar-refractivity contribution in [2.45, 2.75) is 33.2 Å². The Bertz CT molecular complexity index is 252. The Balaban J connectivity index is 2.90. The largest absolute Gasteiger partial charge is 0.312 e. The summed E-state index contributed by atoms with van der Waals surface area (Å²) in [4.78, 5) is 1.51. The second-order valence-corrected chi connectivity index (χ2v) is 4.62. The minimum atomic E-state index is 0.523. The molecule has 0 fully saturated rings. The van der Waals surface area contributed by atoms with Gasteiger partial charge in [-0.3, -0.25) is 0 Å². The molecule has 0 aliphatic carbocycles. The smallest absolute Gasteiger partial charge is 0.0438 e. The third-order valence-corrected chi connectivity index (χ3v) is 3.46. The van der Waals surface area contributed by atoms with Gasteiger partial charge in [0.15, 0.2) is 0 Å². The van der Waals surface area contributed by atoms with E-state index in [9.17, 15) is 0 Å². The number of thiophene rings is 1. The maximum Gasteiger partial charge on any atom is 0.0438 e. The van der Waals surface area contributed by atoms with Gasteiger partial charge in [0.25, 0.3) is 0 Å². The molecule has 0 saturated heterocycles. The zero-order chi connectivity index (χ0) is 9.84. The van der Waals surface area contributed by atoms with E-state index in [0.717, 1.165) is 6.42 Å². The van der Waals surface area contributed by atoms with Gasteiger partial charge in [0, 0.05) is 10.9 Å². The normalized spacial score (nSPS) is 13.6. The summed E-state index contributed by atoms with van der Waals surface area (Å²) >= 11 is 1.87. The molecular formula is C11H19NS. The van der Waals surface area contributed by atoms with E-state index in [1.54, 1.807) is 0 Å². The Morgan fingerprint density at radius 2 is 2.15 bits per heavy atom.